The lowest BCUT2D eigenvalue weighted by Crippen LogP contribution is -2.27. The minimum atomic E-state index is 0.0921. The van der Waals surface area contributed by atoms with E-state index in [9.17, 15) is 4.79 Å². The van der Waals surface area contributed by atoms with Crippen LogP contribution in [-0.4, -0.2) is 24.0 Å². The summed E-state index contributed by atoms with van der Waals surface area (Å²) in [6.45, 7) is 4.88. The lowest BCUT2D eigenvalue weighted by molar-refractivity contribution is -0.118. The monoisotopic (exact) mass is 427 g/mol. The minimum absolute atomic E-state index is 0.0921. The Labute approximate surface area is 174 Å². The number of thioether (sulfide) groups is 2. The first kappa shape index (κ1) is 21.5. The maximum absolute atomic E-state index is 11.9. The molecule has 0 unspecified atom stereocenters. The summed E-state index contributed by atoms with van der Waals surface area (Å²) in [4.78, 5) is 11.9. The van der Waals surface area contributed by atoms with Gasteiger partial charge in [0.1, 0.15) is 0 Å². The molecular formula is C20H23Cl2NOS2. The molecule has 2 nitrogen and oxygen atoms in total. The topological polar surface area (TPSA) is 29.1 Å². The van der Waals surface area contributed by atoms with Crippen molar-refractivity contribution in [2.75, 3.05) is 18.1 Å². The standard InChI is InChI=1S/C20H23Cl2NOS2/c1-14-7-15(2)9-17(8-14)12-26-13-20(24)23-5-6-25-11-16-3-4-18(21)19(22)10-16/h3-4,7-10H,5-6,11-13H2,1-2H3,(H,23,24). The first-order chi connectivity index (χ1) is 12.4. The second kappa shape index (κ2) is 11.1. The molecule has 2 rings (SSSR count). The Morgan fingerprint density at radius 3 is 2.31 bits per heavy atom. The van der Waals surface area contributed by atoms with Gasteiger partial charge >= 0.3 is 0 Å². The molecule has 0 fully saturated rings. The van der Waals surface area contributed by atoms with E-state index >= 15 is 0 Å². The molecule has 0 radical (unpaired) electrons. The van der Waals surface area contributed by atoms with Gasteiger partial charge in [-0.15, -0.1) is 11.8 Å². The molecule has 0 saturated heterocycles. The van der Waals surface area contributed by atoms with E-state index in [0.29, 0.717) is 22.3 Å². The van der Waals surface area contributed by atoms with Crippen LogP contribution in [0.5, 0.6) is 0 Å². The van der Waals surface area contributed by atoms with E-state index in [4.69, 9.17) is 23.2 Å². The average Bonchev–Trinajstić information content (AvgIpc) is 2.57. The van der Waals surface area contributed by atoms with E-state index in [0.717, 1.165) is 22.8 Å². The molecule has 0 bridgehead atoms. The second-order valence-corrected chi connectivity index (χ2v) is 9.04. The Kier molecular flexibility index (Phi) is 9.20. The molecule has 2 aromatic rings. The highest BCUT2D eigenvalue weighted by Crippen LogP contribution is 2.24. The molecule has 26 heavy (non-hydrogen) atoms. The maximum Gasteiger partial charge on any atom is 0.230 e. The van der Waals surface area contributed by atoms with Gasteiger partial charge in [0.15, 0.2) is 0 Å². The number of amides is 1. The summed E-state index contributed by atoms with van der Waals surface area (Å²) >= 11 is 15.3. The second-order valence-electron chi connectivity index (χ2n) is 6.14. The summed E-state index contributed by atoms with van der Waals surface area (Å²) in [6, 6.07) is 12.2. The van der Waals surface area contributed by atoms with Gasteiger partial charge in [0.2, 0.25) is 5.91 Å². The predicted molar refractivity (Wildman–Crippen MR) is 118 cm³/mol. The van der Waals surface area contributed by atoms with Crippen molar-refractivity contribution in [3.8, 4) is 0 Å². The van der Waals surface area contributed by atoms with Gasteiger partial charge < -0.3 is 5.32 Å². The molecule has 1 N–H and O–H groups in total. The van der Waals surface area contributed by atoms with Gasteiger partial charge in [-0.05, 0) is 37.1 Å². The van der Waals surface area contributed by atoms with Crippen LogP contribution >= 0.6 is 46.7 Å². The largest absolute Gasteiger partial charge is 0.355 e. The van der Waals surface area contributed by atoms with Gasteiger partial charge in [0, 0.05) is 23.8 Å². The van der Waals surface area contributed by atoms with Crippen LogP contribution in [-0.2, 0) is 16.3 Å². The van der Waals surface area contributed by atoms with Gasteiger partial charge in [0.05, 0.1) is 15.8 Å². The highest BCUT2D eigenvalue weighted by atomic mass is 35.5. The summed E-state index contributed by atoms with van der Waals surface area (Å²) in [5.74, 6) is 3.17. The number of nitrogens with one attached hydrogen (secondary N) is 1. The van der Waals surface area contributed by atoms with Crippen LogP contribution in [0.15, 0.2) is 36.4 Å². The van der Waals surface area contributed by atoms with E-state index in [1.807, 2.05) is 18.2 Å². The third kappa shape index (κ3) is 7.83. The van der Waals surface area contributed by atoms with Crippen LogP contribution in [0.25, 0.3) is 0 Å². The quantitative estimate of drug-likeness (QED) is 0.505. The Balaban J connectivity index is 1.58. The first-order valence-electron chi connectivity index (χ1n) is 8.37. The summed E-state index contributed by atoms with van der Waals surface area (Å²) in [5, 5.41) is 4.13. The van der Waals surface area contributed by atoms with Gasteiger partial charge in [-0.1, -0.05) is 58.6 Å². The Morgan fingerprint density at radius 1 is 0.923 bits per heavy atom. The number of carbonyl (C=O) groups excluding carboxylic acids is 1. The van der Waals surface area contributed by atoms with Crippen LogP contribution < -0.4 is 5.32 Å². The zero-order valence-corrected chi connectivity index (χ0v) is 18.1. The van der Waals surface area contributed by atoms with E-state index in [1.165, 1.54) is 16.7 Å². The van der Waals surface area contributed by atoms with Crippen molar-refractivity contribution in [1.29, 1.82) is 0 Å². The number of rotatable bonds is 9. The SMILES string of the molecule is Cc1cc(C)cc(CSCC(=O)NCCSCc2ccc(Cl)c(Cl)c2)c1. The zero-order valence-electron chi connectivity index (χ0n) is 15.0. The normalized spacial score (nSPS) is 10.8. The molecule has 0 aliphatic carbocycles. The van der Waals surface area contributed by atoms with Crippen molar-refractivity contribution in [1.82, 2.24) is 5.32 Å². The van der Waals surface area contributed by atoms with Crippen LogP contribution in [0.3, 0.4) is 0 Å². The van der Waals surface area contributed by atoms with Gasteiger partial charge in [-0.25, -0.2) is 0 Å². The Bertz CT molecular complexity index is 732. The van der Waals surface area contributed by atoms with E-state index < -0.39 is 0 Å². The van der Waals surface area contributed by atoms with E-state index in [-0.39, 0.29) is 5.91 Å². The van der Waals surface area contributed by atoms with Gasteiger partial charge in [-0.3, -0.25) is 4.79 Å². The summed E-state index contributed by atoms with van der Waals surface area (Å²) in [7, 11) is 0. The molecule has 0 aliphatic rings. The zero-order chi connectivity index (χ0) is 18.9. The Morgan fingerprint density at radius 2 is 1.62 bits per heavy atom. The van der Waals surface area contributed by atoms with Crippen molar-refractivity contribution >= 4 is 52.6 Å². The smallest absolute Gasteiger partial charge is 0.230 e. The molecule has 140 valence electrons. The van der Waals surface area contributed by atoms with Crippen molar-refractivity contribution in [2.24, 2.45) is 0 Å². The van der Waals surface area contributed by atoms with E-state index in [2.05, 4.69) is 37.4 Å². The number of benzene rings is 2. The van der Waals surface area contributed by atoms with Gasteiger partial charge in [0.25, 0.3) is 0 Å². The van der Waals surface area contributed by atoms with Crippen LogP contribution in [0.4, 0.5) is 0 Å². The summed E-state index contributed by atoms with van der Waals surface area (Å²) < 4.78 is 0. The fraction of sp³-hybridized carbons (Fsp3) is 0.350. The van der Waals surface area contributed by atoms with Crippen LogP contribution in [0.2, 0.25) is 10.0 Å². The maximum atomic E-state index is 11.9. The number of aryl methyl sites for hydroxylation is 2. The van der Waals surface area contributed by atoms with Crippen molar-refractivity contribution in [2.45, 2.75) is 25.4 Å². The molecule has 0 aliphatic heterocycles. The molecule has 1 amide bonds. The van der Waals surface area contributed by atoms with Crippen LogP contribution in [0.1, 0.15) is 22.3 Å². The highest BCUT2D eigenvalue weighted by molar-refractivity contribution is 7.99. The first-order valence-corrected chi connectivity index (χ1v) is 11.4. The highest BCUT2D eigenvalue weighted by Gasteiger charge is 2.03. The number of hydrogen-bond acceptors (Lipinski definition) is 3. The molecule has 0 saturated carbocycles. The summed E-state index contributed by atoms with van der Waals surface area (Å²) in [5.41, 5.74) is 4.95. The molecule has 2 aromatic carbocycles. The molecule has 0 aromatic heterocycles. The molecule has 0 heterocycles. The lowest BCUT2D eigenvalue weighted by Gasteiger charge is -2.07. The van der Waals surface area contributed by atoms with Crippen molar-refractivity contribution < 1.29 is 4.79 Å². The minimum Gasteiger partial charge on any atom is -0.355 e. The van der Waals surface area contributed by atoms with Crippen molar-refractivity contribution in [3.05, 3.63) is 68.7 Å². The lowest BCUT2D eigenvalue weighted by atomic mass is 10.1. The number of halogens is 2. The number of hydrogen-bond donors (Lipinski definition) is 1. The molecule has 0 spiro atoms. The fourth-order valence-corrected chi connectivity index (χ4v) is 4.47. The molecule has 6 heteroatoms. The number of carbonyl (C=O) groups is 1. The fourth-order valence-electron chi connectivity index (χ4n) is 2.55. The third-order valence-electron chi connectivity index (χ3n) is 3.60. The predicted octanol–water partition coefficient (Wildman–Crippen LogP) is 5.89. The average molecular weight is 428 g/mol. The molecule has 0 atom stereocenters. The van der Waals surface area contributed by atoms with Gasteiger partial charge in [-0.2, -0.15) is 11.8 Å². The molecular weight excluding hydrogens is 405 g/mol. The summed E-state index contributed by atoms with van der Waals surface area (Å²) in [6.07, 6.45) is 0. The Hall–Kier alpha value is -0.810. The van der Waals surface area contributed by atoms with E-state index in [1.54, 1.807) is 23.5 Å². The third-order valence-corrected chi connectivity index (χ3v) is 6.38. The van der Waals surface area contributed by atoms with Crippen LogP contribution in [0, 0.1) is 13.8 Å². The van der Waals surface area contributed by atoms with Crippen molar-refractivity contribution in [3.63, 3.8) is 0 Å².